The third-order valence-electron chi connectivity index (χ3n) is 11.3. The Bertz CT molecular complexity index is 2070. The van der Waals surface area contributed by atoms with E-state index in [4.69, 9.17) is 18.9 Å². The third-order valence-corrected chi connectivity index (χ3v) is 11.3. The molecule has 0 aliphatic heterocycles. The van der Waals surface area contributed by atoms with Crippen LogP contribution in [-0.2, 0) is 76.3 Å². The first-order valence-electron chi connectivity index (χ1n) is 26.5. The molecule has 0 unspecified atom stereocenters. The Morgan fingerprint density at radius 3 is 0.614 bits per heavy atom. The second kappa shape index (κ2) is 36.9. The third kappa shape index (κ3) is 40.1. The number of rotatable bonds is 47. The summed E-state index contributed by atoms with van der Waals surface area (Å²) in [4.78, 5) is 99.2. The molecule has 0 spiro atoms. The quantitative estimate of drug-likeness (QED) is 0.0240. The maximum Gasteiger partial charge on any atom is 0.333 e. The summed E-state index contributed by atoms with van der Waals surface area (Å²) < 4.78 is 266. The van der Waals surface area contributed by atoms with Crippen molar-refractivity contribution >= 4 is 47.8 Å². The Morgan fingerprint density at radius 2 is 0.455 bits per heavy atom. The molecule has 88 heavy (non-hydrogen) atoms. The Morgan fingerprint density at radius 1 is 0.284 bits per heavy atom. The number of hydrogen-bond donors (Lipinski definition) is 0. The molecule has 0 radical (unpaired) electrons. The van der Waals surface area contributed by atoms with E-state index >= 15 is 0 Å². The lowest BCUT2D eigenvalue weighted by Gasteiger charge is -2.27. The molecule has 0 atom stereocenters. The van der Waals surface area contributed by atoms with Gasteiger partial charge in [-0.3, -0.25) is 19.2 Å². The Balaban J connectivity index is 6.39. The van der Waals surface area contributed by atoms with Gasteiger partial charge in [0.1, 0.15) is 0 Å². The molecule has 0 N–H and O–H groups in total. The van der Waals surface area contributed by atoms with Crippen LogP contribution in [0.25, 0.3) is 0 Å². The zero-order valence-corrected chi connectivity index (χ0v) is 48.7. The van der Waals surface area contributed by atoms with Crippen LogP contribution in [0.1, 0.15) is 105 Å². The minimum absolute atomic E-state index is 0.305. The molecule has 18 nitrogen and oxygen atoms in total. The molecule has 0 saturated heterocycles. The predicted molar refractivity (Wildman–Crippen MR) is 275 cm³/mol. The van der Waals surface area contributed by atoms with Gasteiger partial charge in [-0.1, -0.05) is 26.3 Å². The number of carbonyl (C=O) groups is 8. The van der Waals surface area contributed by atoms with Gasteiger partial charge >= 0.3 is 47.8 Å². The highest BCUT2D eigenvalue weighted by molar-refractivity contribution is 5.88. The van der Waals surface area contributed by atoms with Gasteiger partial charge in [0.05, 0.1) is 77.8 Å². The lowest BCUT2D eigenvalue weighted by Crippen LogP contribution is -2.39. The zero-order valence-electron chi connectivity index (χ0n) is 48.7. The number of esters is 8. The number of hydrogen-bond acceptors (Lipinski definition) is 18. The van der Waals surface area contributed by atoms with Gasteiger partial charge in [0.25, 0.3) is 47.4 Å². The Hall–Kier alpha value is -6.48. The van der Waals surface area contributed by atoms with Gasteiger partial charge in [-0.15, -0.1) is 0 Å². The van der Waals surface area contributed by atoms with Crippen molar-refractivity contribution in [1.82, 2.24) is 9.80 Å². The van der Waals surface area contributed by atoms with Crippen molar-refractivity contribution in [2.75, 3.05) is 92.1 Å². The van der Waals surface area contributed by atoms with Crippen LogP contribution >= 0.6 is 0 Å². The molecule has 0 rings (SSSR count). The highest BCUT2D eigenvalue weighted by atomic mass is 19.3. The summed E-state index contributed by atoms with van der Waals surface area (Å²) >= 11 is 0. The fourth-order valence-corrected chi connectivity index (χ4v) is 6.75. The summed E-state index contributed by atoms with van der Waals surface area (Å²) in [5, 5.41) is 0. The van der Waals surface area contributed by atoms with E-state index in [1.54, 1.807) is 0 Å². The molecule has 0 aliphatic rings. The maximum atomic E-state index is 14.5. The monoisotopic (exact) mass is 1310 g/mol. The summed E-state index contributed by atoms with van der Waals surface area (Å²) in [6, 6.07) is 0. The SMILES string of the molecule is C=C(C)C(=O)OCC(F)(F)CC(F)(F)CCOC(=O)CCN(CCC(=O)OCCC(F)(F)CC(F)(F)COC(=O)C(=C)C)CCN(CCC(=O)OCCC(F)(F)CC(F)(F)COC(=O)C(=C)C)CCC(=O)OCCC(F)(F)CC(F)(F)COC(=O)C(=C)C. The van der Waals surface area contributed by atoms with Crippen molar-refractivity contribution in [2.45, 2.75) is 152 Å². The first-order valence-corrected chi connectivity index (χ1v) is 26.5. The molecular formula is C54H72F16N2O16. The van der Waals surface area contributed by atoms with Gasteiger partial charge < -0.3 is 47.7 Å². The number of ether oxygens (including phenoxy) is 8. The van der Waals surface area contributed by atoms with E-state index in [-0.39, 0.29) is 35.4 Å². The summed E-state index contributed by atoms with van der Waals surface area (Å²) in [5.41, 5.74) is -1.22. The van der Waals surface area contributed by atoms with E-state index in [1.807, 2.05) is 0 Å². The van der Waals surface area contributed by atoms with Gasteiger partial charge in [-0.25, -0.2) is 89.4 Å². The molecule has 0 aliphatic carbocycles. The second-order valence-corrected chi connectivity index (χ2v) is 20.5. The van der Waals surface area contributed by atoms with Gasteiger partial charge in [0.15, 0.2) is 26.4 Å². The molecule has 0 aromatic carbocycles. The van der Waals surface area contributed by atoms with Crippen LogP contribution in [0.4, 0.5) is 70.2 Å². The normalized spacial score (nSPS) is 12.7. The van der Waals surface area contributed by atoms with Crippen LogP contribution < -0.4 is 0 Å². The van der Waals surface area contributed by atoms with Crippen LogP contribution in [-0.4, -0.2) is 197 Å². The smallest absolute Gasteiger partial charge is 0.333 e. The standard InChI is InChI=1S/C54H72F16N2O16/c1-35(2)43(77)85-31-51(63,64)27-47(55,56)13-23-81-39(73)9-17-71(18-10-40(74)82-24-14-48(57,58)28-52(65,66)32-86-44(78)36(3)4)21-22-72(19-11-41(75)83-25-15-49(59,60)29-53(67,68)33-87-45(79)37(5)6)20-12-42(76)84-26-16-50(61,62)30-54(69,70)34-88-46(80)38(7)8/h1,3,5,7,9-34H2,2,4,6,8H3. The molecule has 0 heterocycles. The largest absolute Gasteiger partial charge is 0.465 e. The van der Waals surface area contributed by atoms with E-state index in [0.717, 1.165) is 27.7 Å². The summed E-state index contributed by atoms with van der Waals surface area (Å²) in [6.45, 7) is 2.63. The van der Waals surface area contributed by atoms with Crippen molar-refractivity contribution < 1.29 is 146 Å². The predicted octanol–water partition coefficient (Wildman–Crippen LogP) is 10.0. The molecule has 0 amide bonds. The first-order chi connectivity index (χ1) is 40.1. The number of halogens is 16. The minimum atomic E-state index is -4.26. The Labute approximate surface area is 496 Å². The van der Waals surface area contributed by atoms with Crippen LogP contribution in [0.2, 0.25) is 0 Å². The van der Waals surface area contributed by atoms with Crippen LogP contribution in [0.5, 0.6) is 0 Å². The van der Waals surface area contributed by atoms with Crippen LogP contribution in [0.3, 0.4) is 0 Å². The topological polar surface area (TPSA) is 217 Å². The summed E-state index contributed by atoms with van der Waals surface area (Å²) in [6.07, 6.45) is -17.5. The number of nitrogens with zero attached hydrogens (tertiary/aromatic N) is 2. The van der Waals surface area contributed by atoms with Crippen molar-refractivity contribution in [2.24, 2.45) is 0 Å². The van der Waals surface area contributed by atoms with Crippen LogP contribution in [0, 0.1) is 0 Å². The molecule has 0 aromatic heterocycles. The van der Waals surface area contributed by atoms with Gasteiger partial charge in [0, 0.05) is 87.2 Å². The maximum absolute atomic E-state index is 14.5. The van der Waals surface area contributed by atoms with Gasteiger partial charge in [0.2, 0.25) is 0 Å². The second-order valence-electron chi connectivity index (χ2n) is 20.5. The fourth-order valence-electron chi connectivity index (χ4n) is 6.75. The first kappa shape index (κ1) is 81.5. The molecule has 0 aromatic rings. The van der Waals surface area contributed by atoms with E-state index in [2.05, 4.69) is 45.3 Å². The lowest BCUT2D eigenvalue weighted by molar-refractivity contribution is -0.168. The van der Waals surface area contributed by atoms with E-state index in [0.29, 0.717) is 0 Å². The highest BCUT2D eigenvalue weighted by Gasteiger charge is 2.48. The molecule has 0 fully saturated rings. The van der Waals surface area contributed by atoms with E-state index < -0.39 is 251 Å². The number of alkyl halides is 16. The van der Waals surface area contributed by atoms with Crippen molar-refractivity contribution in [1.29, 1.82) is 0 Å². The molecule has 0 saturated carbocycles. The van der Waals surface area contributed by atoms with Crippen LogP contribution in [0.15, 0.2) is 48.6 Å². The fraction of sp³-hybridized carbons (Fsp3) is 0.704. The molecule has 0 bridgehead atoms. The average Bonchev–Trinajstić information content (AvgIpc) is 3.39. The van der Waals surface area contributed by atoms with E-state index in [1.165, 1.54) is 9.80 Å². The minimum Gasteiger partial charge on any atom is -0.465 e. The Kier molecular flexibility index (Phi) is 34.2. The summed E-state index contributed by atoms with van der Waals surface area (Å²) in [7, 11) is 0. The van der Waals surface area contributed by atoms with Crippen molar-refractivity contribution in [3.8, 4) is 0 Å². The molecule has 34 heteroatoms. The zero-order chi connectivity index (χ0) is 68.1. The molecular weight excluding hydrogens is 1240 g/mol. The van der Waals surface area contributed by atoms with Gasteiger partial charge in [-0.05, 0) is 27.7 Å². The van der Waals surface area contributed by atoms with Crippen molar-refractivity contribution in [3.63, 3.8) is 0 Å². The lowest BCUT2D eigenvalue weighted by atomic mass is 10.1. The average molecular weight is 1310 g/mol. The highest BCUT2D eigenvalue weighted by Crippen LogP contribution is 2.37. The summed E-state index contributed by atoms with van der Waals surface area (Å²) in [5.74, 6) is -44.1. The molecule has 506 valence electrons. The van der Waals surface area contributed by atoms with Gasteiger partial charge in [-0.2, -0.15) is 0 Å². The van der Waals surface area contributed by atoms with Crippen molar-refractivity contribution in [3.05, 3.63) is 48.6 Å². The number of carbonyl (C=O) groups excluding carboxylic acids is 8. The van der Waals surface area contributed by atoms with E-state index in [9.17, 15) is 109 Å².